The first-order valence-electron chi connectivity index (χ1n) is 5.77. The van der Waals surface area contributed by atoms with Crippen molar-refractivity contribution < 1.29 is 9.84 Å². The Balaban J connectivity index is 2.04. The predicted octanol–water partition coefficient (Wildman–Crippen LogP) is 2.24. The zero-order valence-corrected chi connectivity index (χ0v) is 9.94. The number of phenolic OH excluding ortho intramolecular Hbond substituents is 1. The van der Waals surface area contributed by atoms with Gasteiger partial charge in [0.15, 0.2) is 0 Å². The van der Waals surface area contributed by atoms with E-state index in [9.17, 15) is 5.11 Å². The van der Waals surface area contributed by atoms with E-state index in [0.717, 1.165) is 31.1 Å². The second kappa shape index (κ2) is 4.74. The van der Waals surface area contributed by atoms with Crippen molar-refractivity contribution in [3.8, 4) is 11.5 Å². The smallest absolute Gasteiger partial charge is 0.123 e. The van der Waals surface area contributed by atoms with E-state index in [0.29, 0.717) is 11.5 Å². The molecular formula is C13H19NO2. The molecule has 0 saturated carbocycles. The van der Waals surface area contributed by atoms with Gasteiger partial charge in [-0.05, 0) is 24.9 Å². The lowest BCUT2D eigenvalue weighted by atomic mass is 10.1. The molecule has 3 heteroatoms. The minimum atomic E-state index is 0.332. The number of ether oxygens (including phenoxy) is 1. The third-order valence-electron chi connectivity index (χ3n) is 3.19. The third kappa shape index (κ3) is 2.47. The molecular weight excluding hydrogens is 202 g/mol. The molecule has 1 atom stereocenters. The zero-order chi connectivity index (χ0) is 11.5. The highest BCUT2D eigenvalue weighted by Crippen LogP contribution is 2.26. The summed E-state index contributed by atoms with van der Waals surface area (Å²) in [5.74, 6) is 1.82. The molecule has 1 N–H and O–H groups in total. The molecule has 1 unspecified atom stereocenters. The summed E-state index contributed by atoms with van der Waals surface area (Å²) in [6, 6.07) is 5.51. The van der Waals surface area contributed by atoms with Gasteiger partial charge in [-0.1, -0.05) is 13.0 Å². The normalized spacial score (nSPS) is 21.2. The molecule has 1 fully saturated rings. The van der Waals surface area contributed by atoms with Gasteiger partial charge in [0.2, 0.25) is 0 Å². The average Bonchev–Trinajstić information content (AvgIpc) is 2.67. The van der Waals surface area contributed by atoms with E-state index in [4.69, 9.17) is 4.74 Å². The van der Waals surface area contributed by atoms with Crippen molar-refractivity contribution in [2.45, 2.75) is 19.9 Å². The Kier molecular flexibility index (Phi) is 3.34. The number of phenols is 1. The number of methoxy groups -OCH3 is 1. The largest absolute Gasteiger partial charge is 0.507 e. The van der Waals surface area contributed by atoms with Gasteiger partial charge >= 0.3 is 0 Å². The van der Waals surface area contributed by atoms with Crippen LogP contribution in [-0.2, 0) is 6.54 Å². The maximum atomic E-state index is 9.84. The number of nitrogens with zero attached hydrogens (tertiary/aromatic N) is 1. The van der Waals surface area contributed by atoms with E-state index >= 15 is 0 Å². The van der Waals surface area contributed by atoms with Crippen molar-refractivity contribution in [1.82, 2.24) is 4.90 Å². The zero-order valence-electron chi connectivity index (χ0n) is 9.94. The van der Waals surface area contributed by atoms with Gasteiger partial charge in [0.1, 0.15) is 11.5 Å². The Hall–Kier alpha value is -1.22. The highest BCUT2D eigenvalue weighted by Gasteiger charge is 2.19. The molecule has 1 saturated heterocycles. The van der Waals surface area contributed by atoms with E-state index in [2.05, 4.69) is 11.8 Å². The summed E-state index contributed by atoms with van der Waals surface area (Å²) in [5, 5.41) is 9.84. The van der Waals surface area contributed by atoms with Gasteiger partial charge in [0.25, 0.3) is 0 Å². The Labute approximate surface area is 96.6 Å². The number of hydrogen-bond acceptors (Lipinski definition) is 3. The first-order valence-corrected chi connectivity index (χ1v) is 5.77. The number of hydrogen-bond donors (Lipinski definition) is 1. The average molecular weight is 221 g/mol. The molecule has 0 spiro atoms. The molecule has 16 heavy (non-hydrogen) atoms. The molecule has 3 nitrogen and oxygen atoms in total. The monoisotopic (exact) mass is 221 g/mol. The van der Waals surface area contributed by atoms with Gasteiger partial charge in [0.05, 0.1) is 7.11 Å². The lowest BCUT2D eigenvalue weighted by Crippen LogP contribution is -2.19. The van der Waals surface area contributed by atoms with Crippen molar-refractivity contribution in [2.24, 2.45) is 5.92 Å². The summed E-state index contributed by atoms with van der Waals surface area (Å²) < 4.78 is 5.06. The van der Waals surface area contributed by atoms with Gasteiger partial charge in [-0.25, -0.2) is 0 Å². The molecule has 2 rings (SSSR count). The molecule has 0 amide bonds. The first-order chi connectivity index (χ1) is 7.69. The number of aromatic hydroxyl groups is 1. The quantitative estimate of drug-likeness (QED) is 0.849. The molecule has 1 aromatic carbocycles. The topological polar surface area (TPSA) is 32.7 Å². The summed E-state index contributed by atoms with van der Waals surface area (Å²) in [5.41, 5.74) is 0.981. The minimum Gasteiger partial charge on any atom is -0.507 e. The summed E-state index contributed by atoms with van der Waals surface area (Å²) in [4.78, 5) is 2.38. The van der Waals surface area contributed by atoms with Crippen LogP contribution < -0.4 is 4.74 Å². The standard InChI is InChI=1S/C13H19NO2/c1-10-5-6-14(8-10)9-11-3-4-12(16-2)7-13(11)15/h3-4,7,10,15H,5-6,8-9H2,1-2H3. The van der Waals surface area contributed by atoms with Crippen molar-refractivity contribution in [3.05, 3.63) is 23.8 Å². The van der Waals surface area contributed by atoms with Crippen LogP contribution in [0.2, 0.25) is 0 Å². The fourth-order valence-corrected chi connectivity index (χ4v) is 2.22. The van der Waals surface area contributed by atoms with E-state index in [1.165, 1.54) is 6.42 Å². The van der Waals surface area contributed by atoms with Crippen LogP contribution in [0.3, 0.4) is 0 Å². The number of benzene rings is 1. The SMILES string of the molecule is COc1ccc(CN2CCC(C)C2)c(O)c1. The molecule has 1 aromatic rings. The molecule has 1 aliphatic heterocycles. The summed E-state index contributed by atoms with van der Waals surface area (Å²) in [6.07, 6.45) is 1.26. The molecule has 0 radical (unpaired) electrons. The van der Waals surface area contributed by atoms with Crippen molar-refractivity contribution in [3.63, 3.8) is 0 Å². The second-order valence-corrected chi connectivity index (χ2v) is 4.62. The van der Waals surface area contributed by atoms with Gasteiger partial charge in [0, 0.05) is 24.7 Å². The predicted molar refractivity (Wildman–Crippen MR) is 63.7 cm³/mol. The van der Waals surface area contributed by atoms with Crippen LogP contribution in [0.1, 0.15) is 18.9 Å². The fourth-order valence-electron chi connectivity index (χ4n) is 2.22. The van der Waals surface area contributed by atoms with Crippen molar-refractivity contribution in [1.29, 1.82) is 0 Å². The van der Waals surface area contributed by atoms with Crippen LogP contribution in [0.25, 0.3) is 0 Å². The highest BCUT2D eigenvalue weighted by atomic mass is 16.5. The van der Waals surface area contributed by atoms with E-state index in [1.807, 2.05) is 12.1 Å². The first kappa shape index (κ1) is 11.3. The highest BCUT2D eigenvalue weighted by molar-refractivity contribution is 5.39. The van der Waals surface area contributed by atoms with E-state index in [-0.39, 0.29) is 0 Å². The molecule has 1 aliphatic rings. The molecule has 1 heterocycles. The third-order valence-corrected chi connectivity index (χ3v) is 3.19. The Morgan fingerprint density at radius 2 is 2.31 bits per heavy atom. The molecule has 0 bridgehead atoms. The lowest BCUT2D eigenvalue weighted by molar-refractivity contribution is 0.313. The second-order valence-electron chi connectivity index (χ2n) is 4.62. The fraction of sp³-hybridized carbons (Fsp3) is 0.538. The number of likely N-dealkylation sites (tertiary alicyclic amines) is 1. The Morgan fingerprint density at radius 3 is 2.88 bits per heavy atom. The van der Waals surface area contributed by atoms with Crippen LogP contribution in [0.5, 0.6) is 11.5 Å². The van der Waals surface area contributed by atoms with Gasteiger partial charge in [-0.2, -0.15) is 0 Å². The van der Waals surface area contributed by atoms with Gasteiger partial charge < -0.3 is 9.84 Å². The lowest BCUT2D eigenvalue weighted by Gasteiger charge is -2.16. The van der Waals surface area contributed by atoms with Crippen LogP contribution in [0, 0.1) is 5.92 Å². The Bertz CT molecular complexity index is 365. The minimum absolute atomic E-state index is 0.332. The molecule has 0 aromatic heterocycles. The van der Waals surface area contributed by atoms with Gasteiger partial charge in [-0.15, -0.1) is 0 Å². The summed E-state index contributed by atoms with van der Waals surface area (Å²) >= 11 is 0. The van der Waals surface area contributed by atoms with Crippen molar-refractivity contribution >= 4 is 0 Å². The van der Waals surface area contributed by atoms with Crippen LogP contribution in [-0.4, -0.2) is 30.2 Å². The molecule has 88 valence electrons. The van der Waals surface area contributed by atoms with E-state index < -0.39 is 0 Å². The molecule has 0 aliphatic carbocycles. The van der Waals surface area contributed by atoms with Crippen LogP contribution in [0.4, 0.5) is 0 Å². The Morgan fingerprint density at radius 1 is 1.50 bits per heavy atom. The maximum Gasteiger partial charge on any atom is 0.123 e. The van der Waals surface area contributed by atoms with Crippen molar-refractivity contribution in [2.75, 3.05) is 20.2 Å². The summed E-state index contributed by atoms with van der Waals surface area (Å²) in [6.45, 7) is 5.37. The van der Waals surface area contributed by atoms with Gasteiger partial charge in [-0.3, -0.25) is 4.90 Å². The maximum absolute atomic E-state index is 9.84. The number of rotatable bonds is 3. The summed E-state index contributed by atoms with van der Waals surface area (Å²) in [7, 11) is 1.61. The van der Waals surface area contributed by atoms with Crippen LogP contribution >= 0.6 is 0 Å². The van der Waals surface area contributed by atoms with E-state index in [1.54, 1.807) is 13.2 Å². The van der Waals surface area contributed by atoms with Crippen LogP contribution in [0.15, 0.2) is 18.2 Å².